The van der Waals surface area contributed by atoms with Crippen LogP contribution in [0.15, 0.2) is 53.7 Å². The van der Waals surface area contributed by atoms with E-state index in [1.807, 2.05) is 0 Å². The molecule has 0 fully saturated rings. The highest BCUT2D eigenvalue weighted by Crippen LogP contribution is 2.33. The molecule has 0 spiro atoms. The second kappa shape index (κ2) is 8.78. The van der Waals surface area contributed by atoms with E-state index in [1.54, 1.807) is 37.3 Å². The van der Waals surface area contributed by atoms with E-state index < -0.39 is 16.9 Å². The molecular formula is C20H20N4O5S. The Morgan fingerprint density at radius 3 is 2.63 bits per heavy atom. The number of nitro groups is 1. The molecule has 1 aliphatic rings. The van der Waals surface area contributed by atoms with Gasteiger partial charge in [0.05, 0.1) is 36.4 Å². The van der Waals surface area contributed by atoms with Gasteiger partial charge in [0.2, 0.25) is 0 Å². The fourth-order valence-corrected chi connectivity index (χ4v) is 3.43. The fourth-order valence-electron chi connectivity index (χ4n) is 3.15. The lowest BCUT2D eigenvalue weighted by Gasteiger charge is -2.30. The minimum atomic E-state index is -0.664. The van der Waals surface area contributed by atoms with Crippen LogP contribution in [0, 0.1) is 10.1 Å². The summed E-state index contributed by atoms with van der Waals surface area (Å²) in [7, 11) is 3.02. The van der Waals surface area contributed by atoms with Gasteiger partial charge in [-0.25, -0.2) is 0 Å². The number of benzene rings is 2. The van der Waals surface area contributed by atoms with E-state index in [4.69, 9.17) is 21.7 Å². The molecule has 0 aromatic heterocycles. The van der Waals surface area contributed by atoms with E-state index in [0.29, 0.717) is 39.1 Å². The summed E-state index contributed by atoms with van der Waals surface area (Å²) in [5, 5.41) is 20.3. The monoisotopic (exact) mass is 428 g/mol. The van der Waals surface area contributed by atoms with Crippen molar-refractivity contribution in [1.29, 1.82) is 0 Å². The van der Waals surface area contributed by atoms with Crippen LogP contribution in [0.4, 0.5) is 11.4 Å². The normalized spacial score (nSPS) is 15.7. The van der Waals surface area contributed by atoms with Gasteiger partial charge in [0.25, 0.3) is 11.6 Å². The second-order valence-electron chi connectivity index (χ2n) is 6.44. The molecule has 1 heterocycles. The zero-order valence-corrected chi connectivity index (χ0v) is 17.3. The van der Waals surface area contributed by atoms with Crippen LogP contribution in [0.3, 0.4) is 0 Å². The Hall–Kier alpha value is -3.66. The third-order valence-corrected chi connectivity index (χ3v) is 4.80. The predicted molar refractivity (Wildman–Crippen MR) is 116 cm³/mol. The van der Waals surface area contributed by atoms with Crippen molar-refractivity contribution in [2.75, 3.05) is 19.5 Å². The number of thiocarbonyl (C=S) groups is 1. The molecule has 2 aromatic rings. The lowest BCUT2D eigenvalue weighted by Crippen LogP contribution is -2.45. The zero-order valence-electron chi connectivity index (χ0n) is 16.5. The van der Waals surface area contributed by atoms with Crippen molar-refractivity contribution in [2.45, 2.75) is 13.0 Å². The maximum atomic E-state index is 13.2. The first kappa shape index (κ1) is 21.1. The number of rotatable bonds is 6. The van der Waals surface area contributed by atoms with Crippen molar-refractivity contribution in [3.63, 3.8) is 0 Å². The molecule has 1 unspecified atom stereocenters. The molecule has 9 nitrogen and oxygen atoms in total. The van der Waals surface area contributed by atoms with Crippen molar-refractivity contribution in [1.82, 2.24) is 10.6 Å². The third-order valence-electron chi connectivity index (χ3n) is 4.59. The molecule has 1 amide bonds. The first-order valence-electron chi connectivity index (χ1n) is 8.90. The molecule has 0 bridgehead atoms. The van der Waals surface area contributed by atoms with Crippen LogP contribution in [0.1, 0.15) is 18.5 Å². The highest BCUT2D eigenvalue weighted by atomic mass is 32.1. The Kier molecular flexibility index (Phi) is 6.17. The Balaban J connectivity index is 1.98. The zero-order chi connectivity index (χ0) is 21.8. The van der Waals surface area contributed by atoms with E-state index in [2.05, 4.69) is 16.0 Å². The van der Waals surface area contributed by atoms with Gasteiger partial charge in [0.1, 0.15) is 11.5 Å². The van der Waals surface area contributed by atoms with E-state index >= 15 is 0 Å². The van der Waals surface area contributed by atoms with E-state index in [1.165, 1.54) is 26.4 Å². The summed E-state index contributed by atoms with van der Waals surface area (Å²) in [5.74, 6) is 0.608. The van der Waals surface area contributed by atoms with Gasteiger partial charge in [0, 0.05) is 23.9 Å². The number of hydrogen-bond acceptors (Lipinski definition) is 6. The maximum absolute atomic E-state index is 13.2. The summed E-state index contributed by atoms with van der Waals surface area (Å²) in [6.45, 7) is 1.72. The molecular weight excluding hydrogens is 408 g/mol. The molecule has 10 heteroatoms. The molecule has 3 rings (SSSR count). The van der Waals surface area contributed by atoms with Gasteiger partial charge < -0.3 is 25.4 Å². The Morgan fingerprint density at radius 1 is 1.20 bits per heavy atom. The van der Waals surface area contributed by atoms with Crippen molar-refractivity contribution in [2.24, 2.45) is 0 Å². The average Bonchev–Trinajstić information content (AvgIpc) is 2.73. The Labute approximate surface area is 178 Å². The number of non-ortho nitro benzene ring substituents is 1. The quantitative estimate of drug-likeness (QED) is 0.365. The molecule has 3 N–H and O–H groups in total. The highest BCUT2D eigenvalue weighted by Gasteiger charge is 2.31. The van der Waals surface area contributed by atoms with E-state index in [9.17, 15) is 14.9 Å². The topological polar surface area (TPSA) is 115 Å². The summed E-state index contributed by atoms with van der Waals surface area (Å²) < 4.78 is 10.5. The number of allylic oxidation sites excluding steroid dienone is 1. The Bertz CT molecular complexity index is 1050. The minimum absolute atomic E-state index is 0.0759. The van der Waals surface area contributed by atoms with Gasteiger partial charge >= 0.3 is 0 Å². The summed E-state index contributed by atoms with van der Waals surface area (Å²) >= 11 is 5.22. The fraction of sp³-hybridized carbons (Fsp3) is 0.200. The lowest BCUT2D eigenvalue weighted by molar-refractivity contribution is -0.384. The van der Waals surface area contributed by atoms with Gasteiger partial charge in [0.15, 0.2) is 5.11 Å². The Morgan fingerprint density at radius 2 is 1.97 bits per heavy atom. The molecule has 2 aromatic carbocycles. The summed E-state index contributed by atoms with van der Waals surface area (Å²) in [5.41, 5.74) is 1.81. The number of ether oxygens (including phenoxy) is 2. The molecule has 0 radical (unpaired) electrons. The van der Waals surface area contributed by atoms with Crippen LogP contribution >= 0.6 is 12.2 Å². The number of nitrogens with one attached hydrogen (secondary N) is 3. The largest absolute Gasteiger partial charge is 0.497 e. The number of amides is 1. The van der Waals surface area contributed by atoms with Gasteiger partial charge in [-0.3, -0.25) is 14.9 Å². The number of nitrogens with zero attached hydrogens (tertiary/aromatic N) is 1. The first-order valence-corrected chi connectivity index (χ1v) is 9.31. The van der Waals surface area contributed by atoms with Crippen LogP contribution in [0.25, 0.3) is 0 Å². The van der Waals surface area contributed by atoms with E-state index in [0.717, 1.165) is 0 Å². The highest BCUT2D eigenvalue weighted by molar-refractivity contribution is 7.80. The molecule has 0 saturated heterocycles. The van der Waals surface area contributed by atoms with Crippen LogP contribution in [-0.4, -0.2) is 30.2 Å². The number of methoxy groups -OCH3 is 2. The van der Waals surface area contributed by atoms with Gasteiger partial charge in [-0.2, -0.15) is 0 Å². The molecule has 1 atom stereocenters. The molecule has 156 valence electrons. The van der Waals surface area contributed by atoms with Crippen LogP contribution in [0.5, 0.6) is 11.5 Å². The predicted octanol–water partition coefficient (Wildman–Crippen LogP) is 3.04. The summed E-state index contributed by atoms with van der Waals surface area (Å²) in [6.07, 6.45) is 0. The average molecular weight is 428 g/mol. The number of hydrogen-bond donors (Lipinski definition) is 3. The number of anilines is 1. The standard InChI is InChI=1S/C20H20N4O5S/c1-11-17(19(25)22-15-8-7-14(28-2)10-16(15)29-3)18(23-20(30)21-11)12-5-4-6-13(9-12)24(26)27/h4-10,18H,1-3H3,(H,22,25)(H2,21,23,30). The molecule has 30 heavy (non-hydrogen) atoms. The smallest absolute Gasteiger partial charge is 0.269 e. The van der Waals surface area contributed by atoms with Crippen LogP contribution in [0.2, 0.25) is 0 Å². The number of carbonyl (C=O) groups is 1. The van der Waals surface area contributed by atoms with Crippen LogP contribution < -0.4 is 25.4 Å². The van der Waals surface area contributed by atoms with Gasteiger partial charge in [-0.15, -0.1) is 0 Å². The van der Waals surface area contributed by atoms with Crippen molar-refractivity contribution in [3.05, 3.63) is 69.4 Å². The first-order chi connectivity index (χ1) is 14.3. The maximum Gasteiger partial charge on any atom is 0.269 e. The molecule has 1 aliphatic heterocycles. The SMILES string of the molecule is COc1ccc(NC(=O)C2=C(C)NC(=S)NC2c2cccc([N+](=O)[O-])c2)c(OC)c1. The number of nitro benzene ring substituents is 1. The van der Waals surface area contributed by atoms with Gasteiger partial charge in [-0.1, -0.05) is 12.1 Å². The van der Waals surface area contributed by atoms with E-state index in [-0.39, 0.29) is 5.69 Å². The minimum Gasteiger partial charge on any atom is -0.497 e. The molecule has 0 saturated carbocycles. The number of carbonyl (C=O) groups excluding carboxylic acids is 1. The van der Waals surface area contributed by atoms with Crippen molar-refractivity contribution < 1.29 is 19.2 Å². The van der Waals surface area contributed by atoms with Gasteiger partial charge in [-0.05, 0) is 36.8 Å². The third kappa shape index (κ3) is 4.33. The molecule has 0 aliphatic carbocycles. The lowest BCUT2D eigenvalue weighted by atomic mass is 9.94. The van der Waals surface area contributed by atoms with Crippen molar-refractivity contribution >= 4 is 34.6 Å². The second-order valence-corrected chi connectivity index (χ2v) is 6.85. The summed E-state index contributed by atoms with van der Waals surface area (Å²) in [6, 6.07) is 10.4. The van der Waals surface area contributed by atoms with Crippen LogP contribution in [-0.2, 0) is 4.79 Å². The summed E-state index contributed by atoms with van der Waals surface area (Å²) in [4.78, 5) is 23.9. The van der Waals surface area contributed by atoms with Crippen molar-refractivity contribution in [3.8, 4) is 11.5 Å².